The fourth-order valence-electron chi connectivity index (χ4n) is 2.73. The molecule has 4 rings (SSSR count). The summed E-state index contributed by atoms with van der Waals surface area (Å²) in [6.45, 7) is 0.253. The van der Waals surface area contributed by atoms with E-state index in [1.165, 1.54) is 17.1 Å². The summed E-state index contributed by atoms with van der Waals surface area (Å²) in [5.41, 5.74) is 1.04. The van der Waals surface area contributed by atoms with Gasteiger partial charge in [0.15, 0.2) is 0 Å². The smallest absolute Gasteiger partial charge is 0.255 e. The molecule has 0 saturated carbocycles. The summed E-state index contributed by atoms with van der Waals surface area (Å²) < 4.78 is 29.5. The number of hydrogen-bond acceptors (Lipinski definition) is 5. The van der Waals surface area contributed by atoms with Crippen molar-refractivity contribution in [2.24, 2.45) is 0 Å². The van der Waals surface area contributed by atoms with E-state index in [2.05, 4.69) is 19.8 Å². The van der Waals surface area contributed by atoms with Gasteiger partial charge < -0.3 is 0 Å². The van der Waals surface area contributed by atoms with Crippen LogP contribution in [0.2, 0.25) is 10.0 Å². The van der Waals surface area contributed by atoms with Crippen LogP contribution in [0, 0.1) is 0 Å². The predicted octanol–water partition coefficient (Wildman–Crippen LogP) is 3.98. The molecule has 1 N–H and O–H groups in total. The highest BCUT2D eigenvalue weighted by Gasteiger charge is 2.20. The number of pyridine rings is 1. The molecule has 0 bridgehead atoms. The number of halogens is 2. The van der Waals surface area contributed by atoms with Gasteiger partial charge in [-0.15, -0.1) is 5.10 Å². The Kier molecular flexibility index (Phi) is 4.92. The first kappa shape index (κ1) is 18.7. The standard InChI is InChI=1S/C18H13Cl2N5O2S/c19-14-6-2-7-15(20)13(14)10-25-11-22-18(23-25)24-28(26,27)16-8-1-4-12-5-3-9-21-17(12)16/h1-9,11H,10H2,(H,23,24). The third-order valence-electron chi connectivity index (χ3n) is 4.03. The van der Waals surface area contributed by atoms with Gasteiger partial charge in [-0.3, -0.25) is 4.98 Å². The molecule has 7 nitrogen and oxygen atoms in total. The largest absolute Gasteiger partial charge is 0.266 e. The normalized spacial score (nSPS) is 11.6. The highest BCUT2D eigenvalue weighted by Crippen LogP contribution is 2.25. The average molecular weight is 434 g/mol. The molecule has 142 valence electrons. The minimum atomic E-state index is -3.92. The number of nitrogens with one attached hydrogen (secondary N) is 1. The number of rotatable bonds is 5. The van der Waals surface area contributed by atoms with Gasteiger partial charge in [0, 0.05) is 27.2 Å². The Balaban J connectivity index is 1.61. The number of hydrogen-bond donors (Lipinski definition) is 1. The molecule has 0 radical (unpaired) electrons. The van der Waals surface area contributed by atoms with Gasteiger partial charge in [-0.2, -0.15) is 4.98 Å². The SMILES string of the molecule is O=S(=O)(Nc1ncn(Cc2c(Cl)cccc2Cl)n1)c1cccc2cccnc12. The Morgan fingerprint density at radius 3 is 2.46 bits per heavy atom. The van der Waals surface area contributed by atoms with Gasteiger partial charge in [0.1, 0.15) is 11.2 Å². The molecule has 28 heavy (non-hydrogen) atoms. The zero-order valence-corrected chi connectivity index (χ0v) is 16.6. The topological polar surface area (TPSA) is 89.8 Å². The number of anilines is 1. The second-order valence-electron chi connectivity index (χ2n) is 5.90. The lowest BCUT2D eigenvalue weighted by atomic mass is 10.2. The fourth-order valence-corrected chi connectivity index (χ4v) is 4.37. The molecular weight excluding hydrogens is 421 g/mol. The Morgan fingerprint density at radius 1 is 0.964 bits per heavy atom. The third kappa shape index (κ3) is 3.66. The molecule has 0 fully saturated rings. The number of sulfonamides is 1. The molecule has 0 saturated heterocycles. The van der Waals surface area contributed by atoms with Crippen LogP contribution in [0.4, 0.5) is 5.95 Å². The van der Waals surface area contributed by atoms with Gasteiger partial charge in [0.2, 0.25) is 0 Å². The monoisotopic (exact) mass is 433 g/mol. The predicted molar refractivity (Wildman–Crippen MR) is 108 cm³/mol. The highest BCUT2D eigenvalue weighted by atomic mass is 35.5. The Morgan fingerprint density at radius 2 is 1.68 bits per heavy atom. The van der Waals surface area contributed by atoms with Crippen molar-refractivity contribution in [1.29, 1.82) is 0 Å². The summed E-state index contributed by atoms with van der Waals surface area (Å²) in [7, 11) is -3.92. The first-order valence-corrected chi connectivity index (χ1v) is 10.4. The van der Waals surface area contributed by atoms with Crippen molar-refractivity contribution < 1.29 is 8.42 Å². The molecule has 0 spiro atoms. The molecule has 0 aliphatic carbocycles. The van der Waals surface area contributed by atoms with Crippen molar-refractivity contribution in [1.82, 2.24) is 19.7 Å². The minimum Gasteiger partial charge on any atom is -0.255 e. The Labute approximate surface area is 171 Å². The van der Waals surface area contributed by atoms with E-state index in [0.29, 0.717) is 21.1 Å². The van der Waals surface area contributed by atoms with Crippen LogP contribution in [-0.4, -0.2) is 28.2 Å². The quantitative estimate of drug-likeness (QED) is 0.513. The van der Waals surface area contributed by atoms with E-state index in [0.717, 1.165) is 5.39 Å². The summed E-state index contributed by atoms with van der Waals surface area (Å²) >= 11 is 12.3. The van der Waals surface area contributed by atoms with Crippen molar-refractivity contribution in [3.63, 3.8) is 0 Å². The van der Waals surface area contributed by atoms with Crippen LogP contribution in [0.5, 0.6) is 0 Å². The Bertz CT molecular complexity index is 1250. The summed E-state index contributed by atoms with van der Waals surface area (Å²) in [6.07, 6.45) is 2.94. The van der Waals surface area contributed by atoms with Crippen molar-refractivity contribution in [3.8, 4) is 0 Å². The molecule has 0 aliphatic rings. The minimum absolute atomic E-state index is 0.0519. The van der Waals surface area contributed by atoms with E-state index in [1.807, 2.05) is 0 Å². The number of fused-ring (bicyclic) bond motifs is 1. The van der Waals surface area contributed by atoms with Gasteiger partial charge in [-0.25, -0.2) is 17.8 Å². The molecule has 0 atom stereocenters. The summed E-state index contributed by atoms with van der Waals surface area (Å²) in [4.78, 5) is 8.24. The van der Waals surface area contributed by atoms with Gasteiger partial charge in [-0.05, 0) is 24.3 Å². The lowest BCUT2D eigenvalue weighted by molar-refractivity contribution is 0.601. The van der Waals surface area contributed by atoms with E-state index >= 15 is 0 Å². The van der Waals surface area contributed by atoms with Crippen LogP contribution < -0.4 is 4.72 Å². The van der Waals surface area contributed by atoms with E-state index in [1.54, 1.807) is 48.7 Å². The van der Waals surface area contributed by atoms with Gasteiger partial charge in [0.25, 0.3) is 16.0 Å². The lowest BCUT2D eigenvalue weighted by Gasteiger charge is -2.08. The first-order chi connectivity index (χ1) is 13.4. The van der Waals surface area contributed by atoms with E-state index < -0.39 is 10.0 Å². The molecule has 4 aromatic rings. The molecule has 0 aliphatic heterocycles. The molecular formula is C18H13Cl2N5O2S. The number of para-hydroxylation sites is 1. The second-order valence-corrected chi connectivity index (χ2v) is 8.37. The van der Waals surface area contributed by atoms with E-state index in [-0.39, 0.29) is 17.4 Å². The van der Waals surface area contributed by atoms with Gasteiger partial charge in [-0.1, -0.05) is 47.5 Å². The maximum atomic E-state index is 12.8. The zero-order valence-electron chi connectivity index (χ0n) is 14.3. The third-order valence-corrected chi connectivity index (χ3v) is 6.10. The van der Waals surface area contributed by atoms with Crippen molar-refractivity contribution in [2.45, 2.75) is 11.4 Å². The lowest BCUT2D eigenvalue weighted by Crippen LogP contribution is -2.15. The van der Waals surface area contributed by atoms with Crippen LogP contribution in [-0.2, 0) is 16.6 Å². The van der Waals surface area contributed by atoms with Gasteiger partial charge >= 0.3 is 0 Å². The number of aromatic nitrogens is 4. The Hall–Kier alpha value is -2.68. The van der Waals surface area contributed by atoms with Crippen LogP contribution in [0.1, 0.15) is 5.56 Å². The van der Waals surface area contributed by atoms with Crippen LogP contribution >= 0.6 is 23.2 Å². The van der Waals surface area contributed by atoms with E-state index in [4.69, 9.17) is 23.2 Å². The number of nitrogens with zero attached hydrogens (tertiary/aromatic N) is 4. The molecule has 0 amide bonds. The zero-order chi connectivity index (χ0) is 19.7. The summed E-state index contributed by atoms with van der Waals surface area (Å²) in [5, 5.41) is 5.86. The average Bonchev–Trinajstić information content (AvgIpc) is 3.10. The maximum Gasteiger partial charge on any atom is 0.266 e. The molecule has 2 aromatic carbocycles. The fraction of sp³-hybridized carbons (Fsp3) is 0.0556. The molecule has 0 unspecified atom stereocenters. The molecule has 10 heteroatoms. The van der Waals surface area contributed by atoms with Gasteiger partial charge in [0.05, 0.1) is 12.1 Å². The van der Waals surface area contributed by atoms with Crippen LogP contribution in [0.3, 0.4) is 0 Å². The summed E-state index contributed by atoms with van der Waals surface area (Å²) in [5.74, 6) is -0.0592. The highest BCUT2D eigenvalue weighted by molar-refractivity contribution is 7.93. The maximum absolute atomic E-state index is 12.8. The second kappa shape index (κ2) is 7.38. The summed E-state index contributed by atoms with van der Waals surface area (Å²) in [6, 6.07) is 13.7. The molecule has 2 heterocycles. The number of benzene rings is 2. The van der Waals surface area contributed by atoms with Crippen LogP contribution in [0.25, 0.3) is 10.9 Å². The molecule has 2 aromatic heterocycles. The van der Waals surface area contributed by atoms with Crippen molar-refractivity contribution in [3.05, 3.63) is 76.7 Å². The van der Waals surface area contributed by atoms with Crippen LogP contribution in [0.15, 0.2) is 66.0 Å². The van der Waals surface area contributed by atoms with Crippen molar-refractivity contribution >= 4 is 50.1 Å². The van der Waals surface area contributed by atoms with Crippen molar-refractivity contribution in [2.75, 3.05) is 4.72 Å². The first-order valence-electron chi connectivity index (χ1n) is 8.13. The van der Waals surface area contributed by atoms with E-state index in [9.17, 15) is 8.42 Å².